The highest BCUT2D eigenvalue weighted by molar-refractivity contribution is 14.1. The Kier molecular flexibility index (Phi) is 7.14. The molecule has 1 N–H and O–H groups in total. The molecule has 0 heterocycles. The largest absolute Gasteiger partial charge is 0.493 e. The van der Waals surface area contributed by atoms with E-state index in [-0.39, 0.29) is 11.8 Å². The van der Waals surface area contributed by atoms with E-state index in [0.29, 0.717) is 23.5 Å². The molecular formula is C24H24INO3. The zero-order valence-corrected chi connectivity index (χ0v) is 18.9. The van der Waals surface area contributed by atoms with E-state index in [1.807, 2.05) is 73.7 Å². The predicted molar refractivity (Wildman–Crippen MR) is 125 cm³/mol. The number of halogens is 1. The number of anilines is 1. The molecule has 5 heteroatoms. The summed E-state index contributed by atoms with van der Waals surface area (Å²) in [4.78, 5) is 13.0. The van der Waals surface area contributed by atoms with Crippen LogP contribution < -0.4 is 14.8 Å². The van der Waals surface area contributed by atoms with Crippen LogP contribution in [0.1, 0.15) is 33.9 Å². The lowest BCUT2D eigenvalue weighted by atomic mass is 9.96. The summed E-state index contributed by atoms with van der Waals surface area (Å²) in [5, 5.41) is 3.50. The standard InChI is InChI=1S/C24H24INO3/c1-16-4-6-17(7-5-16)22(27)15-21(26-20-11-9-19(25)10-12-20)18-8-13-23(28-2)24(14-18)29-3/h4-14,21,26H,15H2,1-3H3/t21-/m0/s1. The zero-order chi connectivity index (χ0) is 20.8. The van der Waals surface area contributed by atoms with Gasteiger partial charge in [-0.25, -0.2) is 0 Å². The second kappa shape index (κ2) is 9.78. The quantitative estimate of drug-likeness (QED) is 0.302. The van der Waals surface area contributed by atoms with Crippen molar-refractivity contribution in [3.05, 3.63) is 87.0 Å². The van der Waals surface area contributed by atoms with Crippen molar-refractivity contribution in [1.29, 1.82) is 0 Å². The number of aryl methyl sites for hydroxylation is 1. The molecule has 0 bridgehead atoms. The van der Waals surface area contributed by atoms with E-state index >= 15 is 0 Å². The maximum atomic E-state index is 13.0. The SMILES string of the molecule is COc1ccc([C@H](CC(=O)c2ccc(C)cc2)Nc2ccc(I)cc2)cc1OC. The fourth-order valence-electron chi connectivity index (χ4n) is 3.11. The molecule has 29 heavy (non-hydrogen) atoms. The molecule has 0 aliphatic rings. The molecule has 0 fully saturated rings. The molecule has 0 radical (unpaired) electrons. The number of benzene rings is 3. The van der Waals surface area contributed by atoms with E-state index in [4.69, 9.17) is 9.47 Å². The number of ether oxygens (including phenoxy) is 2. The van der Waals surface area contributed by atoms with Crippen LogP contribution in [-0.2, 0) is 0 Å². The first-order valence-corrected chi connectivity index (χ1v) is 10.4. The summed E-state index contributed by atoms with van der Waals surface area (Å²) < 4.78 is 12.0. The van der Waals surface area contributed by atoms with Crippen molar-refractivity contribution in [2.45, 2.75) is 19.4 Å². The third kappa shape index (κ3) is 5.50. The van der Waals surface area contributed by atoms with E-state index in [9.17, 15) is 4.79 Å². The second-order valence-electron chi connectivity index (χ2n) is 6.81. The van der Waals surface area contributed by atoms with Crippen molar-refractivity contribution < 1.29 is 14.3 Å². The molecule has 150 valence electrons. The second-order valence-corrected chi connectivity index (χ2v) is 8.06. The number of carbonyl (C=O) groups is 1. The number of nitrogens with one attached hydrogen (secondary N) is 1. The van der Waals surface area contributed by atoms with Gasteiger partial charge in [-0.15, -0.1) is 0 Å². The van der Waals surface area contributed by atoms with Crippen molar-refractivity contribution in [3.8, 4) is 11.5 Å². The fraction of sp³-hybridized carbons (Fsp3) is 0.208. The normalized spacial score (nSPS) is 11.6. The van der Waals surface area contributed by atoms with E-state index in [0.717, 1.165) is 20.4 Å². The van der Waals surface area contributed by atoms with Crippen molar-refractivity contribution in [2.24, 2.45) is 0 Å². The van der Waals surface area contributed by atoms with Crippen LogP contribution in [-0.4, -0.2) is 20.0 Å². The van der Waals surface area contributed by atoms with Gasteiger partial charge in [0.1, 0.15) is 0 Å². The lowest BCUT2D eigenvalue weighted by molar-refractivity contribution is 0.0976. The average Bonchev–Trinajstić information content (AvgIpc) is 2.74. The maximum absolute atomic E-state index is 13.0. The Hall–Kier alpha value is -2.54. The van der Waals surface area contributed by atoms with Crippen LogP contribution in [0, 0.1) is 10.5 Å². The molecule has 0 saturated heterocycles. The summed E-state index contributed by atoms with van der Waals surface area (Å²) in [5.41, 5.74) is 3.77. The van der Waals surface area contributed by atoms with Gasteiger partial charge in [-0.2, -0.15) is 0 Å². The summed E-state index contributed by atoms with van der Waals surface area (Å²) in [5.74, 6) is 1.39. The van der Waals surface area contributed by atoms with Gasteiger partial charge in [-0.05, 0) is 71.5 Å². The summed E-state index contributed by atoms with van der Waals surface area (Å²) in [6, 6.07) is 21.4. The number of hydrogen-bond donors (Lipinski definition) is 1. The first kappa shape index (κ1) is 21.2. The fourth-order valence-corrected chi connectivity index (χ4v) is 3.47. The molecule has 1 atom stereocenters. The van der Waals surface area contributed by atoms with Crippen molar-refractivity contribution in [1.82, 2.24) is 0 Å². The molecule has 3 aromatic rings. The Morgan fingerprint density at radius 1 is 0.931 bits per heavy atom. The minimum Gasteiger partial charge on any atom is -0.493 e. The third-order valence-electron chi connectivity index (χ3n) is 4.76. The van der Waals surface area contributed by atoms with Gasteiger partial charge in [-0.3, -0.25) is 4.79 Å². The highest BCUT2D eigenvalue weighted by Crippen LogP contribution is 2.33. The molecule has 0 aliphatic heterocycles. The van der Waals surface area contributed by atoms with Gasteiger partial charge in [0.25, 0.3) is 0 Å². The third-order valence-corrected chi connectivity index (χ3v) is 5.48. The van der Waals surface area contributed by atoms with E-state index in [2.05, 4.69) is 27.9 Å². The summed E-state index contributed by atoms with van der Waals surface area (Å²) in [7, 11) is 3.22. The minimum absolute atomic E-state index is 0.0859. The number of Topliss-reactive ketones (excluding diaryl/α,β-unsaturated/α-hetero) is 1. The van der Waals surface area contributed by atoms with Gasteiger partial charge in [0.15, 0.2) is 17.3 Å². The predicted octanol–water partition coefficient (Wildman–Crippen LogP) is 6.04. The molecule has 0 unspecified atom stereocenters. The average molecular weight is 501 g/mol. The van der Waals surface area contributed by atoms with Gasteiger partial charge in [0.05, 0.1) is 20.3 Å². The first-order chi connectivity index (χ1) is 14.0. The van der Waals surface area contributed by atoms with E-state index in [1.54, 1.807) is 14.2 Å². The number of rotatable bonds is 8. The maximum Gasteiger partial charge on any atom is 0.165 e. The Morgan fingerprint density at radius 2 is 1.59 bits per heavy atom. The van der Waals surface area contributed by atoms with Crippen LogP contribution in [0.4, 0.5) is 5.69 Å². The molecule has 0 amide bonds. The van der Waals surface area contributed by atoms with Gasteiger partial charge in [-0.1, -0.05) is 35.9 Å². The van der Waals surface area contributed by atoms with Crippen LogP contribution in [0.15, 0.2) is 66.7 Å². The van der Waals surface area contributed by atoms with Crippen LogP contribution >= 0.6 is 22.6 Å². The van der Waals surface area contributed by atoms with Crippen molar-refractivity contribution >= 4 is 34.1 Å². The van der Waals surface area contributed by atoms with Crippen LogP contribution in [0.3, 0.4) is 0 Å². The van der Waals surface area contributed by atoms with Gasteiger partial charge < -0.3 is 14.8 Å². The van der Waals surface area contributed by atoms with Crippen molar-refractivity contribution in [2.75, 3.05) is 19.5 Å². The van der Waals surface area contributed by atoms with Gasteiger partial charge >= 0.3 is 0 Å². The smallest absolute Gasteiger partial charge is 0.165 e. The molecule has 0 spiro atoms. The molecule has 0 aliphatic carbocycles. The van der Waals surface area contributed by atoms with Crippen molar-refractivity contribution in [3.63, 3.8) is 0 Å². The summed E-state index contributed by atoms with van der Waals surface area (Å²) in [6.07, 6.45) is 0.324. The van der Waals surface area contributed by atoms with Gasteiger partial charge in [0, 0.05) is 21.2 Å². The molecule has 4 nitrogen and oxygen atoms in total. The van der Waals surface area contributed by atoms with Crippen LogP contribution in [0.25, 0.3) is 0 Å². The number of methoxy groups -OCH3 is 2. The number of hydrogen-bond acceptors (Lipinski definition) is 4. The lowest BCUT2D eigenvalue weighted by Crippen LogP contribution is -2.16. The van der Waals surface area contributed by atoms with Crippen LogP contribution in [0.2, 0.25) is 0 Å². The Bertz CT molecular complexity index is 968. The summed E-state index contributed by atoms with van der Waals surface area (Å²) in [6.45, 7) is 2.01. The highest BCUT2D eigenvalue weighted by Gasteiger charge is 2.19. The van der Waals surface area contributed by atoms with Crippen LogP contribution in [0.5, 0.6) is 11.5 Å². The lowest BCUT2D eigenvalue weighted by Gasteiger charge is -2.21. The Morgan fingerprint density at radius 3 is 2.21 bits per heavy atom. The molecule has 3 rings (SSSR count). The number of carbonyl (C=O) groups excluding carboxylic acids is 1. The Labute approximate surface area is 185 Å². The van der Waals surface area contributed by atoms with E-state index in [1.165, 1.54) is 0 Å². The Balaban J connectivity index is 1.91. The highest BCUT2D eigenvalue weighted by atomic mass is 127. The molecule has 0 saturated carbocycles. The monoisotopic (exact) mass is 501 g/mol. The minimum atomic E-state index is -0.205. The molecular weight excluding hydrogens is 477 g/mol. The van der Waals surface area contributed by atoms with E-state index < -0.39 is 0 Å². The van der Waals surface area contributed by atoms with Gasteiger partial charge in [0.2, 0.25) is 0 Å². The first-order valence-electron chi connectivity index (χ1n) is 9.34. The topological polar surface area (TPSA) is 47.6 Å². The molecule has 3 aromatic carbocycles. The molecule has 0 aromatic heterocycles. The summed E-state index contributed by atoms with van der Waals surface area (Å²) >= 11 is 2.28. The number of ketones is 1. The zero-order valence-electron chi connectivity index (χ0n) is 16.7.